The van der Waals surface area contributed by atoms with Gasteiger partial charge in [-0.1, -0.05) is 30.7 Å². The van der Waals surface area contributed by atoms with Crippen LogP contribution in [0.4, 0.5) is 0 Å². The quantitative estimate of drug-likeness (QED) is 0.852. The van der Waals surface area contributed by atoms with Gasteiger partial charge >= 0.3 is 0 Å². The number of nitrogens with one attached hydrogen (secondary N) is 1. The number of hydrogen-bond acceptors (Lipinski definition) is 3. The van der Waals surface area contributed by atoms with Gasteiger partial charge in [0.15, 0.2) is 5.78 Å². The van der Waals surface area contributed by atoms with Crippen molar-refractivity contribution in [1.82, 2.24) is 5.32 Å². The van der Waals surface area contributed by atoms with E-state index in [2.05, 4.69) is 5.32 Å². The maximum Gasteiger partial charge on any atom is 0.236 e. The molecule has 1 aromatic carbocycles. The minimum atomic E-state index is -0.802. The summed E-state index contributed by atoms with van der Waals surface area (Å²) in [5, 5.41) is 3.42. The predicted octanol–water partition coefficient (Wildman–Crippen LogP) is 2.76. The topological polar surface area (TPSA) is 55.4 Å². The van der Waals surface area contributed by atoms with Crippen molar-refractivity contribution in [3.05, 3.63) is 34.3 Å². The number of carbonyl (C=O) groups excluding carboxylic acids is 2. The van der Waals surface area contributed by atoms with E-state index in [1.54, 1.807) is 12.1 Å². The fourth-order valence-corrected chi connectivity index (χ4v) is 3.81. The average Bonchev–Trinajstić information content (AvgIpc) is 2.71. The van der Waals surface area contributed by atoms with Crippen LogP contribution in [0.25, 0.3) is 0 Å². The summed E-state index contributed by atoms with van der Waals surface area (Å²) < 4.78 is 5.65. The Kier molecular flexibility index (Phi) is 4.00. The molecule has 0 aromatic heterocycles. The normalized spacial score (nSPS) is 31.6. The molecule has 3 unspecified atom stereocenters. The molecule has 118 valence electrons. The summed E-state index contributed by atoms with van der Waals surface area (Å²) in [6.45, 7) is 4.45. The smallest absolute Gasteiger partial charge is 0.236 e. The third kappa shape index (κ3) is 2.44. The molecule has 3 rings (SSSR count). The molecule has 2 fully saturated rings. The Hall–Kier alpha value is -1.39. The fourth-order valence-electron chi connectivity index (χ4n) is 3.46. The number of ketones is 1. The number of carbonyl (C=O) groups is 2. The number of halogens is 1. The summed E-state index contributed by atoms with van der Waals surface area (Å²) in [5.41, 5.74) is 0.826. The monoisotopic (exact) mass is 321 g/mol. The second-order valence-electron chi connectivity index (χ2n) is 6.25. The number of benzene rings is 1. The van der Waals surface area contributed by atoms with Gasteiger partial charge in [0.05, 0.1) is 6.10 Å². The minimum absolute atomic E-state index is 0.0187. The van der Waals surface area contributed by atoms with Crippen LogP contribution in [0.1, 0.15) is 43.2 Å². The number of hydrogen-bond donors (Lipinski definition) is 1. The Balaban J connectivity index is 1.94. The van der Waals surface area contributed by atoms with E-state index in [-0.39, 0.29) is 17.8 Å². The molecule has 1 aromatic rings. The van der Waals surface area contributed by atoms with Crippen molar-refractivity contribution >= 4 is 23.3 Å². The average molecular weight is 322 g/mol. The zero-order valence-electron chi connectivity index (χ0n) is 12.8. The second-order valence-corrected chi connectivity index (χ2v) is 6.66. The molecule has 2 aliphatic rings. The molecule has 0 aliphatic carbocycles. The molecule has 4 nitrogen and oxygen atoms in total. The van der Waals surface area contributed by atoms with Gasteiger partial charge in [-0.3, -0.25) is 9.59 Å². The first-order valence-electron chi connectivity index (χ1n) is 7.71. The van der Waals surface area contributed by atoms with Crippen LogP contribution in [0.5, 0.6) is 0 Å². The lowest BCUT2D eigenvalue weighted by molar-refractivity contribution is -0.129. The summed E-state index contributed by atoms with van der Waals surface area (Å²) in [5.74, 6) is -1.11. The number of rotatable bonds is 2. The molecule has 22 heavy (non-hydrogen) atoms. The first-order chi connectivity index (χ1) is 10.5. The zero-order chi connectivity index (χ0) is 15.9. The third-order valence-corrected chi connectivity index (χ3v) is 5.07. The Labute approximate surface area is 135 Å². The Morgan fingerprint density at radius 2 is 2.18 bits per heavy atom. The van der Waals surface area contributed by atoms with Gasteiger partial charge in [0.1, 0.15) is 11.5 Å². The van der Waals surface area contributed by atoms with Crippen molar-refractivity contribution in [2.45, 2.75) is 50.7 Å². The van der Waals surface area contributed by atoms with E-state index in [4.69, 9.17) is 16.3 Å². The van der Waals surface area contributed by atoms with Crippen molar-refractivity contribution in [1.29, 1.82) is 0 Å². The van der Waals surface area contributed by atoms with Gasteiger partial charge in [-0.05, 0) is 30.5 Å². The third-order valence-electron chi connectivity index (χ3n) is 4.74. The van der Waals surface area contributed by atoms with E-state index in [9.17, 15) is 9.59 Å². The van der Waals surface area contributed by atoms with Gasteiger partial charge in [-0.15, -0.1) is 0 Å². The number of aryl methyl sites for hydroxylation is 1. The minimum Gasteiger partial charge on any atom is -0.378 e. The second kappa shape index (κ2) is 5.67. The van der Waals surface area contributed by atoms with E-state index in [1.807, 2.05) is 19.9 Å². The number of amides is 1. The molecule has 2 heterocycles. The van der Waals surface area contributed by atoms with Gasteiger partial charge in [-0.25, -0.2) is 0 Å². The molecule has 2 saturated heterocycles. The summed E-state index contributed by atoms with van der Waals surface area (Å²) in [6, 6.07) is 5.46. The SMILES string of the molecule is CCC1CC2(CCO1)NC(=O)C(c1ccc(C)cc1Cl)C2=O. The van der Waals surface area contributed by atoms with E-state index in [0.717, 1.165) is 12.0 Å². The van der Waals surface area contributed by atoms with Gasteiger partial charge in [0.2, 0.25) is 5.91 Å². The molecular weight excluding hydrogens is 302 g/mol. The van der Waals surface area contributed by atoms with Crippen LogP contribution >= 0.6 is 11.6 Å². The molecule has 0 radical (unpaired) electrons. The molecule has 1 amide bonds. The van der Waals surface area contributed by atoms with Crippen molar-refractivity contribution < 1.29 is 14.3 Å². The zero-order valence-corrected chi connectivity index (χ0v) is 13.6. The first-order valence-corrected chi connectivity index (χ1v) is 8.08. The van der Waals surface area contributed by atoms with Crippen molar-refractivity contribution in [3.8, 4) is 0 Å². The predicted molar refractivity (Wildman–Crippen MR) is 84.1 cm³/mol. The first kappa shape index (κ1) is 15.5. The fraction of sp³-hybridized carbons (Fsp3) is 0.529. The van der Waals surface area contributed by atoms with Crippen LogP contribution in [0.3, 0.4) is 0 Å². The Bertz CT molecular complexity index is 630. The lowest BCUT2D eigenvalue weighted by Gasteiger charge is -2.36. The van der Waals surface area contributed by atoms with Crippen LogP contribution < -0.4 is 5.32 Å². The molecule has 2 aliphatic heterocycles. The molecular formula is C17H20ClNO3. The van der Waals surface area contributed by atoms with Crippen molar-refractivity contribution in [2.75, 3.05) is 6.61 Å². The van der Waals surface area contributed by atoms with Crippen LogP contribution in [0.15, 0.2) is 18.2 Å². The van der Waals surface area contributed by atoms with Crippen LogP contribution in [-0.4, -0.2) is 29.9 Å². The molecule has 5 heteroatoms. The van der Waals surface area contributed by atoms with E-state index in [0.29, 0.717) is 30.0 Å². The van der Waals surface area contributed by atoms with Crippen LogP contribution in [-0.2, 0) is 14.3 Å². The van der Waals surface area contributed by atoms with E-state index < -0.39 is 11.5 Å². The van der Waals surface area contributed by atoms with Gasteiger partial charge in [-0.2, -0.15) is 0 Å². The Morgan fingerprint density at radius 1 is 1.41 bits per heavy atom. The maximum atomic E-state index is 13.0. The number of ether oxygens (including phenoxy) is 1. The standard InChI is InChI=1S/C17H20ClNO3/c1-3-11-9-17(6-7-22-11)15(20)14(16(21)19-17)12-5-4-10(2)8-13(12)18/h4-5,8,11,14H,3,6-7,9H2,1-2H3,(H,19,21). The largest absolute Gasteiger partial charge is 0.378 e. The van der Waals surface area contributed by atoms with E-state index in [1.165, 1.54) is 0 Å². The van der Waals surface area contributed by atoms with Crippen LogP contribution in [0, 0.1) is 6.92 Å². The molecule has 0 bridgehead atoms. The van der Waals surface area contributed by atoms with Crippen molar-refractivity contribution in [2.24, 2.45) is 0 Å². The molecule has 0 saturated carbocycles. The number of Topliss-reactive ketones (excluding diaryl/α,β-unsaturated/α-hetero) is 1. The highest BCUT2D eigenvalue weighted by Crippen LogP contribution is 2.40. The molecule has 3 atom stereocenters. The lowest BCUT2D eigenvalue weighted by Crippen LogP contribution is -2.53. The maximum absolute atomic E-state index is 13.0. The molecule has 1 spiro atoms. The summed E-state index contributed by atoms with van der Waals surface area (Å²) in [4.78, 5) is 25.5. The highest BCUT2D eigenvalue weighted by atomic mass is 35.5. The summed E-state index contributed by atoms with van der Waals surface area (Å²) in [6.07, 6.45) is 1.94. The van der Waals surface area contributed by atoms with E-state index >= 15 is 0 Å². The summed E-state index contributed by atoms with van der Waals surface area (Å²) >= 11 is 6.27. The Morgan fingerprint density at radius 3 is 2.86 bits per heavy atom. The van der Waals surface area contributed by atoms with Gasteiger partial charge in [0.25, 0.3) is 0 Å². The summed E-state index contributed by atoms with van der Waals surface area (Å²) in [7, 11) is 0. The highest BCUT2D eigenvalue weighted by Gasteiger charge is 2.55. The lowest BCUT2D eigenvalue weighted by atomic mass is 9.79. The van der Waals surface area contributed by atoms with Gasteiger partial charge in [0, 0.05) is 24.5 Å². The van der Waals surface area contributed by atoms with Crippen molar-refractivity contribution in [3.63, 3.8) is 0 Å². The molecule has 1 N–H and O–H groups in total. The van der Waals surface area contributed by atoms with Gasteiger partial charge < -0.3 is 10.1 Å². The van der Waals surface area contributed by atoms with Crippen LogP contribution in [0.2, 0.25) is 5.02 Å². The highest BCUT2D eigenvalue weighted by molar-refractivity contribution is 6.32.